The number of hydrogen-bond donors (Lipinski definition) is 2. The second-order valence-corrected chi connectivity index (χ2v) is 2.99. The van der Waals surface area contributed by atoms with E-state index in [-0.39, 0.29) is 13.2 Å². The highest BCUT2D eigenvalue weighted by Gasteiger charge is 2.07. The second-order valence-electron chi connectivity index (χ2n) is 2.99. The van der Waals surface area contributed by atoms with E-state index in [4.69, 9.17) is 5.11 Å². The van der Waals surface area contributed by atoms with E-state index in [1.807, 2.05) is 0 Å². The van der Waals surface area contributed by atoms with Gasteiger partial charge in [-0.05, 0) is 12.8 Å². The highest BCUT2D eigenvalue weighted by molar-refractivity contribution is 5.59. The van der Waals surface area contributed by atoms with Gasteiger partial charge in [0.25, 0.3) is 0 Å². The molecule has 0 aromatic heterocycles. The van der Waals surface area contributed by atoms with Crippen LogP contribution >= 0.6 is 0 Å². The van der Waals surface area contributed by atoms with Crippen LogP contribution in [0.3, 0.4) is 0 Å². The minimum absolute atomic E-state index is 0.0359. The summed E-state index contributed by atoms with van der Waals surface area (Å²) < 4.78 is 8.79. The van der Waals surface area contributed by atoms with Gasteiger partial charge in [0.15, 0.2) is 0 Å². The summed E-state index contributed by atoms with van der Waals surface area (Å²) >= 11 is 0. The predicted molar refractivity (Wildman–Crippen MR) is 49.9 cm³/mol. The Hall–Kier alpha value is -0.810. The van der Waals surface area contributed by atoms with E-state index in [2.05, 4.69) is 9.47 Å². The lowest BCUT2D eigenvalue weighted by molar-refractivity contribution is 0.0257. The minimum Gasteiger partial charge on any atom is -0.438 e. The molecule has 0 heterocycles. The Labute approximate surface area is 83.6 Å². The van der Waals surface area contributed by atoms with Crippen molar-refractivity contribution in [3.8, 4) is 0 Å². The van der Waals surface area contributed by atoms with Crippen LogP contribution in [0.25, 0.3) is 0 Å². The molecule has 0 aliphatic carbocycles. The van der Waals surface area contributed by atoms with Gasteiger partial charge in [0.2, 0.25) is 0 Å². The van der Waals surface area contributed by atoms with Gasteiger partial charge >= 0.3 is 6.16 Å². The van der Waals surface area contributed by atoms with Crippen molar-refractivity contribution < 1.29 is 24.5 Å². The van der Waals surface area contributed by atoms with Gasteiger partial charge < -0.3 is 19.7 Å². The lowest BCUT2D eigenvalue weighted by atomic mass is 10.1. The maximum Gasteiger partial charge on any atom is 0.508 e. The van der Waals surface area contributed by atoms with Crippen LogP contribution < -0.4 is 0 Å². The number of hydrogen-bond acceptors (Lipinski definition) is 5. The number of methoxy groups -OCH3 is 1. The Morgan fingerprint density at radius 2 is 2.07 bits per heavy atom. The topological polar surface area (TPSA) is 76.0 Å². The summed E-state index contributed by atoms with van der Waals surface area (Å²) in [5.41, 5.74) is 0. The van der Waals surface area contributed by atoms with E-state index in [1.54, 1.807) is 0 Å². The van der Waals surface area contributed by atoms with Gasteiger partial charge in [-0.3, -0.25) is 0 Å². The highest BCUT2D eigenvalue weighted by atomic mass is 16.7. The quantitative estimate of drug-likeness (QED) is 0.473. The number of aliphatic hydroxyl groups is 2. The van der Waals surface area contributed by atoms with Crippen molar-refractivity contribution in [1.29, 1.82) is 0 Å². The fourth-order valence-electron chi connectivity index (χ4n) is 0.975. The maximum absolute atomic E-state index is 10.5. The normalized spacial score (nSPS) is 12.2. The molecule has 0 fully saturated rings. The van der Waals surface area contributed by atoms with Gasteiger partial charge in [-0.25, -0.2) is 4.79 Å². The molecular formula is C9H18O5. The SMILES string of the molecule is COC(=O)OCC(O)CCCCCO. The molecule has 0 rings (SSSR count). The summed E-state index contributed by atoms with van der Waals surface area (Å²) in [4.78, 5) is 10.5. The Balaban J connectivity index is 3.27. The van der Waals surface area contributed by atoms with Gasteiger partial charge in [0.05, 0.1) is 13.2 Å². The molecule has 0 spiro atoms. The molecule has 5 nitrogen and oxygen atoms in total. The summed E-state index contributed by atoms with van der Waals surface area (Å²) in [6.07, 6.45) is 1.56. The van der Waals surface area contributed by atoms with Crippen LogP contribution in [0.2, 0.25) is 0 Å². The van der Waals surface area contributed by atoms with E-state index >= 15 is 0 Å². The summed E-state index contributed by atoms with van der Waals surface area (Å²) in [7, 11) is 1.22. The summed E-state index contributed by atoms with van der Waals surface area (Å²) in [5, 5.41) is 17.8. The smallest absolute Gasteiger partial charge is 0.438 e. The molecule has 0 aliphatic rings. The van der Waals surface area contributed by atoms with E-state index < -0.39 is 12.3 Å². The average Bonchev–Trinajstić information content (AvgIpc) is 2.21. The molecule has 5 heteroatoms. The van der Waals surface area contributed by atoms with Crippen LogP contribution in [0.15, 0.2) is 0 Å². The minimum atomic E-state index is -0.778. The first-order valence-electron chi connectivity index (χ1n) is 4.70. The van der Waals surface area contributed by atoms with Crippen molar-refractivity contribution in [2.45, 2.75) is 31.8 Å². The molecule has 0 aliphatic heterocycles. The number of aliphatic hydroxyl groups excluding tert-OH is 2. The lowest BCUT2D eigenvalue weighted by Gasteiger charge is -2.09. The van der Waals surface area contributed by atoms with Crippen LogP contribution in [0, 0.1) is 0 Å². The van der Waals surface area contributed by atoms with Gasteiger partial charge in [-0.1, -0.05) is 12.8 Å². The average molecular weight is 206 g/mol. The fraction of sp³-hybridized carbons (Fsp3) is 0.889. The zero-order chi connectivity index (χ0) is 10.8. The van der Waals surface area contributed by atoms with Crippen molar-refractivity contribution in [2.75, 3.05) is 20.3 Å². The molecule has 0 radical (unpaired) electrons. The molecule has 1 atom stereocenters. The summed E-state index contributed by atoms with van der Waals surface area (Å²) in [5.74, 6) is 0. The Kier molecular flexibility index (Phi) is 8.27. The third-order valence-corrected chi connectivity index (χ3v) is 1.76. The highest BCUT2D eigenvalue weighted by Crippen LogP contribution is 2.03. The van der Waals surface area contributed by atoms with Gasteiger partial charge in [-0.15, -0.1) is 0 Å². The first kappa shape index (κ1) is 13.2. The number of carbonyl (C=O) groups is 1. The Morgan fingerprint density at radius 1 is 1.36 bits per heavy atom. The summed E-state index contributed by atoms with van der Waals surface area (Å²) in [6, 6.07) is 0. The monoisotopic (exact) mass is 206 g/mol. The third kappa shape index (κ3) is 7.82. The lowest BCUT2D eigenvalue weighted by Crippen LogP contribution is -2.18. The van der Waals surface area contributed by atoms with Crippen LogP contribution in [0.5, 0.6) is 0 Å². The van der Waals surface area contributed by atoms with Gasteiger partial charge in [0.1, 0.15) is 6.61 Å². The molecule has 84 valence electrons. The van der Waals surface area contributed by atoms with Crippen molar-refractivity contribution in [1.82, 2.24) is 0 Å². The van der Waals surface area contributed by atoms with Gasteiger partial charge in [0, 0.05) is 6.61 Å². The number of unbranched alkanes of at least 4 members (excludes halogenated alkanes) is 2. The van der Waals surface area contributed by atoms with Crippen LogP contribution in [-0.2, 0) is 9.47 Å². The Bertz CT molecular complexity index is 148. The van der Waals surface area contributed by atoms with Crippen LogP contribution in [-0.4, -0.2) is 42.8 Å². The molecule has 2 N–H and O–H groups in total. The largest absolute Gasteiger partial charge is 0.508 e. The first-order valence-corrected chi connectivity index (χ1v) is 4.70. The third-order valence-electron chi connectivity index (χ3n) is 1.76. The molecule has 0 saturated carbocycles. The molecule has 0 aromatic carbocycles. The van der Waals surface area contributed by atoms with E-state index in [9.17, 15) is 9.90 Å². The van der Waals surface area contributed by atoms with E-state index in [0.717, 1.165) is 19.3 Å². The van der Waals surface area contributed by atoms with E-state index in [0.29, 0.717) is 6.42 Å². The van der Waals surface area contributed by atoms with Gasteiger partial charge in [-0.2, -0.15) is 0 Å². The zero-order valence-electron chi connectivity index (χ0n) is 8.44. The van der Waals surface area contributed by atoms with E-state index in [1.165, 1.54) is 7.11 Å². The molecule has 0 amide bonds. The van der Waals surface area contributed by atoms with Crippen molar-refractivity contribution in [3.05, 3.63) is 0 Å². The number of carbonyl (C=O) groups excluding carboxylic acids is 1. The number of ether oxygens (including phenoxy) is 2. The van der Waals surface area contributed by atoms with Crippen LogP contribution in [0.1, 0.15) is 25.7 Å². The van der Waals surface area contributed by atoms with Crippen LogP contribution in [0.4, 0.5) is 4.79 Å². The maximum atomic E-state index is 10.5. The zero-order valence-corrected chi connectivity index (χ0v) is 8.44. The summed E-state index contributed by atoms with van der Waals surface area (Å²) in [6.45, 7) is 0.139. The van der Waals surface area contributed by atoms with Crippen molar-refractivity contribution in [2.24, 2.45) is 0 Å². The molecule has 0 saturated heterocycles. The first-order chi connectivity index (χ1) is 6.70. The Morgan fingerprint density at radius 3 is 2.64 bits per heavy atom. The molecule has 1 unspecified atom stereocenters. The van der Waals surface area contributed by atoms with Crippen molar-refractivity contribution in [3.63, 3.8) is 0 Å². The fourth-order valence-corrected chi connectivity index (χ4v) is 0.975. The second kappa shape index (κ2) is 8.77. The predicted octanol–water partition coefficient (Wildman–Crippen LogP) is 0.683. The molecule has 0 aromatic rings. The molecule has 0 bridgehead atoms. The number of rotatable bonds is 7. The standard InChI is InChI=1S/C9H18O5/c1-13-9(12)14-7-8(11)5-3-2-4-6-10/h8,10-11H,2-7H2,1H3. The molecular weight excluding hydrogens is 188 g/mol. The van der Waals surface area contributed by atoms with Crippen molar-refractivity contribution >= 4 is 6.16 Å². The molecule has 14 heavy (non-hydrogen) atoms.